The van der Waals surface area contributed by atoms with Gasteiger partial charge in [-0.05, 0) is 19.1 Å². The Morgan fingerprint density at radius 2 is 2.22 bits per heavy atom. The van der Waals surface area contributed by atoms with Crippen molar-refractivity contribution < 1.29 is 14.5 Å². The Morgan fingerprint density at radius 3 is 2.83 bits per heavy atom. The van der Waals surface area contributed by atoms with Crippen LogP contribution in [0.5, 0.6) is 0 Å². The van der Waals surface area contributed by atoms with Gasteiger partial charge in [0.1, 0.15) is 6.07 Å². The Labute approximate surface area is 103 Å². The molecule has 6 heteroatoms. The second-order valence-electron chi connectivity index (χ2n) is 3.36. The predicted molar refractivity (Wildman–Crippen MR) is 63.3 cm³/mol. The molecule has 18 heavy (non-hydrogen) atoms. The summed E-state index contributed by atoms with van der Waals surface area (Å²) in [6, 6.07) is 7.74. The Bertz CT molecular complexity index is 531. The smallest absolute Gasteiger partial charge is 0.332 e. The molecule has 0 spiro atoms. The number of carbonyl (C=O) groups excluding carboxylic acids is 1. The number of nitro groups is 1. The quantitative estimate of drug-likeness (QED) is 0.351. The van der Waals surface area contributed by atoms with E-state index in [9.17, 15) is 14.9 Å². The summed E-state index contributed by atoms with van der Waals surface area (Å²) in [5.41, 5.74) is 0.193. The lowest BCUT2D eigenvalue weighted by atomic mass is 10.1. The minimum Gasteiger partial charge on any atom is -0.444 e. The molecule has 1 atom stereocenters. The minimum absolute atomic E-state index is 0.102. The van der Waals surface area contributed by atoms with Crippen molar-refractivity contribution in [1.82, 2.24) is 0 Å². The fourth-order valence-electron chi connectivity index (χ4n) is 1.19. The third-order valence-electron chi connectivity index (χ3n) is 2.01. The van der Waals surface area contributed by atoms with Gasteiger partial charge in [0, 0.05) is 12.1 Å². The van der Waals surface area contributed by atoms with Crippen molar-refractivity contribution in [1.29, 1.82) is 5.26 Å². The van der Waals surface area contributed by atoms with Crippen LogP contribution in [0.3, 0.4) is 0 Å². The second-order valence-corrected chi connectivity index (χ2v) is 3.36. The van der Waals surface area contributed by atoms with Crippen LogP contribution in [0.2, 0.25) is 0 Å². The lowest BCUT2D eigenvalue weighted by molar-refractivity contribution is -0.385. The highest BCUT2D eigenvalue weighted by atomic mass is 16.6. The first-order valence-corrected chi connectivity index (χ1v) is 5.06. The lowest BCUT2D eigenvalue weighted by Gasteiger charge is -2.01. The maximum absolute atomic E-state index is 11.2. The van der Waals surface area contributed by atoms with E-state index < -0.39 is 17.0 Å². The monoisotopic (exact) mass is 246 g/mol. The van der Waals surface area contributed by atoms with E-state index in [0.717, 1.165) is 6.08 Å². The molecule has 0 aromatic heterocycles. The van der Waals surface area contributed by atoms with Gasteiger partial charge in [0.15, 0.2) is 6.10 Å². The van der Waals surface area contributed by atoms with Gasteiger partial charge in [-0.3, -0.25) is 10.1 Å². The van der Waals surface area contributed by atoms with Crippen LogP contribution >= 0.6 is 0 Å². The summed E-state index contributed by atoms with van der Waals surface area (Å²) < 4.78 is 4.66. The summed E-state index contributed by atoms with van der Waals surface area (Å²) in [6.45, 7) is 1.43. The normalized spacial score (nSPS) is 11.8. The molecule has 0 unspecified atom stereocenters. The Balaban J connectivity index is 2.82. The number of rotatable bonds is 4. The van der Waals surface area contributed by atoms with Crippen LogP contribution in [0.1, 0.15) is 12.5 Å². The molecule has 0 saturated heterocycles. The maximum atomic E-state index is 11.2. The van der Waals surface area contributed by atoms with E-state index >= 15 is 0 Å². The van der Waals surface area contributed by atoms with Crippen LogP contribution in [0.4, 0.5) is 5.69 Å². The molecule has 1 aromatic rings. The van der Waals surface area contributed by atoms with Gasteiger partial charge in [0.05, 0.1) is 10.5 Å². The van der Waals surface area contributed by atoms with Crippen LogP contribution in [-0.2, 0) is 9.53 Å². The van der Waals surface area contributed by atoms with Gasteiger partial charge < -0.3 is 4.74 Å². The van der Waals surface area contributed by atoms with Crippen molar-refractivity contribution in [3.05, 3.63) is 46.0 Å². The third-order valence-corrected chi connectivity index (χ3v) is 2.01. The molecule has 0 bridgehead atoms. The van der Waals surface area contributed by atoms with Crippen molar-refractivity contribution in [3.63, 3.8) is 0 Å². The first-order valence-electron chi connectivity index (χ1n) is 5.06. The number of carbonyl (C=O) groups is 1. The zero-order chi connectivity index (χ0) is 13.5. The average molecular weight is 246 g/mol. The van der Waals surface area contributed by atoms with Crippen LogP contribution < -0.4 is 0 Å². The molecule has 0 heterocycles. The first-order chi connectivity index (χ1) is 8.54. The van der Waals surface area contributed by atoms with Crippen molar-refractivity contribution in [2.75, 3.05) is 0 Å². The molecular weight excluding hydrogens is 236 g/mol. The summed E-state index contributed by atoms with van der Waals surface area (Å²) in [6.07, 6.45) is 1.48. The summed E-state index contributed by atoms with van der Waals surface area (Å²) in [7, 11) is 0. The number of hydrogen-bond acceptors (Lipinski definition) is 5. The highest BCUT2D eigenvalue weighted by Gasteiger charge is 2.10. The third kappa shape index (κ3) is 3.72. The molecule has 0 fully saturated rings. The number of nitrogens with zero attached hydrogens (tertiary/aromatic N) is 2. The van der Waals surface area contributed by atoms with Gasteiger partial charge in [-0.25, -0.2) is 4.79 Å². The molecule has 92 valence electrons. The Hall–Kier alpha value is -2.68. The first kappa shape index (κ1) is 13.4. The van der Waals surface area contributed by atoms with Gasteiger partial charge in [0.25, 0.3) is 5.69 Å². The van der Waals surface area contributed by atoms with Gasteiger partial charge in [-0.1, -0.05) is 12.1 Å². The van der Waals surface area contributed by atoms with E-state index in [1.807, 2.05) is 0 Å². The van der Waals surface area contributed by atoms with Gasteiger partial charge >= 0.3 is 5.97 Å². The highest BCUT2D eigenvalue weighted by molar-refractivity contribution is 5.88. The van der Waals surface area contributed by atoms with E-state index in [2.05, 4.69) is 4.74 Å². The Morgan fingerprint density at radius 1 is 1.56 bits per heavy atom. The molecule has 1 aromatic carbocycles. The maximum Gasteiger partial charge on any atom is 0.332 e. The number of hydrogen-bond donors (Lipinski definition) is 0. The van der Waals surface area contributed by atoms with Gasteiger partial charge in [-0.2, -0.15) is 5.26 Å². The summed E-state index contributed by atoms with van der Waals surface area (Å²) in [5.74, 6) is -0.720. The molecule has 0 N–H and O–H groups in total. The largest absolute Gasteiger partial charge is 0.444 e. The molecule has 0 radical (unpaired) electrons. The van der Waals surface area contributed by atoms with Crippen molar-refractivity contribution >= 4 is 17.7 Å². The van der Waals surface area contributed by atoms with Gasteiger partial charge in [-0.15, -0.1) is 0 Å². The number of nitro benzene ring substituents is 1. The molecule has 6 nitrogen and oxygen atoms in total. The standard InChI is InChI=1S/C12H10N2O4/c1-9(8-13)18-12(15)7-6-10-4-2-3-5-11(10)14(16)17/h2-7,9H,1H3/b7-6+/t9-/m1/s1. The zero-order valence-corrected chi connectivity index (χ0v) is 9.57. The highest BCUT2D eigenvalue weighted by Crippen LogP contribution is 2.18. The van der Waals surface area contributed by atoms with E-state index in [0.29, 0.717) is 5.56 Å². The molecule has 1 rings (SSSR count). The summed E-state index contributed by atoms with van der Waals surface area (Å²) in [5, 5.41) is 19.1. The second kappa shape index (κ2) is 6.15. The molecular formula is C12H10N2O4. The molecule has 0 saturated carbocycles. The van der Waals surface area contributed by atoms with Crippen LogP contribution in [-0.4, -0.2) is 17.0 Å². The zero-order valence-electron chi connectivity index (χ0n) is 9.57. The fourth-order valence-corrected chi connectivity index (χ4v) is 1.19. The Kier molecular flexibility index (Phi) is 4.58. The predicted octanol–water partition coefficient (Wildman–Crippen LogP) is 2.06. The van der Waals surface area contributed by atoms with E-state index in [-0.39, 0.29) is 5.69 Å². The molecule has 0 aliphatic heterocycles. The number of para-hydroxylation sites is 1. The number of nitriles is 1. The average Bonchev–Trinajstić information content (AvgIpc) is 2.36. The minimum atomic E-state index is -0.854. The van der Waals surface area contributed by atoms with E-state index in [1.54, 1.807) is 12.1 Å². The molecule has 0 aliphatic rings. The molecule has 0 aliphatic carbocycles. The van der Waals surface area contributed by atoms with E-state index in [4.69, 9.17) is 5.26 Å². The van der Waals surface area contributed by atoms with Gasteiger partial charge in [0.2, 0.25) is 0 Å². The van der Waals surface area contributed by atoms with Crippen LogP contribution in [0, 0.1) is 21.4 Å². The summed E-state index contributed by atoms with van der Waals surface area (Å²) >= 11 is 0. The van der Waals surface area contributed by atoms with Crippen molar-refractivity contribution in [2.24, 2.45) is 0 Å². The van der Waals surface area contributed by atoms with E-state index in [1.165, 1.54) is 31.2 Å². The van der Waals surface area contributed by atoms with Crippen LogP contribution in [0.25, 0.3) is 6.08 Å². The SMILES string of the molecule is C[C@H](C#N)OC(=O)/C=C/c1ccccc1[N+](=O)[O-]. The number of esters is 1. The van der Waals surface area contributed by atoms with Crippen LogP contribution in [0.15, 0.2) is 30.3 Å². The molecule has 0 amide bonds. The topological polar surface area (TPSA) is 93.2 Å². The lowest BCUT2D eigenvalue weighted by Crippen LogP contribution is -2.10. The van der Waals surface area contributed by atoms with Crippen molar-refractivity contribution in [3.8, 4) is 6.07 Å². The number of ether oxygens (including phenoxy) is 1. The van der Waals surface area contributed by atoms with Crippen molar-refractivity contribution in [2.45, 2.75) is 13.0 Å². The number of benzene rings is 1. The fraction of sp³-hybridized carbons (Fsp3) is 0.167. The summed E-state index contributed by atoms with van der Waals surface area (Å²) in [4.78, 5) is 21.4.